The Kier molecular flexibility index (Phi) is 1.47. The van der Waals surface area contributed by atoms with Crippen LogP contribution in [0.3, 0.4) is 0 Å². The molecule has 0 aromatic carbocycles. The van der Waals surface area contributed by atoms with E-state index >= 15 is 0 Å². The number of pyridine rings is 1. The highest BCUT2D eigenvalue weighted by Gasteiger charge is 2.10. The molecule has 0 spiro atoms. The lowest BCUT2D eigenvalue weighted by Crippen LogP contribution is -1.78. The summed E-state index contributed by atoms with van der Waals surface area (Å²) in [6.07, 6.45) is 1.60. The molecule has 0 amide bonds. The Morgan fingerprint density at radius 3 is 2.85 bits per heavy atom. The standard InChI is InChI=1S/C9H4N4/c10-4-6-8(5-11)13-7-2-1-3-12-9(6)7/h1-3,13H. The average molecular weight is 168 g/mol. The number of nitriles is 2. The Bertz CT molecular complexity index is 539. The molecule has 0 aliphatic rings. The van der Waals surface area contributed by atoms with Gasteiger partial charge in [0.05, 0.1) is 5.52 Å². The monoisotopic (exact) mass is 168 g/mol. The first-order chi connectivity index (χ1) is 6.36. The van der Waals surface area contributed by atoms with E-state index in [1.165, 1.54) is 0 Å². The highest BCUT2D eigenvalue weighted by atomic mass is 14.8. The molecule has 4 heteroatoms. The highest BCUT2D eigenvalue weighted by molar-refractivity contribution is 5.84. The number of nitrogens with zero attached hydrogens (tertiary/aromatic N) is 3. The Morgan fingerprint density at radius 2 is 2.15 bits per heavy atom. The van der Waals surface area contributed by atoms with Gasteiger partial charge < -0.3 is 4.98 Å². The van der Waals surface area contributed by atoms with Crippen molar-refractivity contribution in [2.24, 2.45) is 0 Å². The van der Waals surface area contributed by atoms with Crippen molar-refractivity contribution in [3.63, 3.8) is 0 Å². The summed E-state index contributed by atoms with van der Waals surface area (Å²) in [4.78, 5) is 6.83. The lowest BCUT2D eigenvalue weighted by molar-refractivity contribution is 1.35. The van der Waals surface area contributed by atoms with Crippen molar-refractivity contribution in [1.29, 1.82) is 10.5 Å². The van der Waals surface area contributed by atoms with Crippen LogP contribution in [0.1, 0.15) is 11.3 Å². The van der Waals surface area contributed by atoms with Crippen molar-refractivity contribution in [2.45, 2.75) is 0 Å². The SMILES string of the molecule is N#Cc1[nH]c2cccnc2c1C#N. The third-order valence-corrected chi connectivity index (χ3v) is 1.78. The summed E-state index contributed by atoms with van der Waals surface area (Å²) in [5, 5.41) is 17.5. The number of nitrogens with one attached hydrogen (secondary N) is 1. The lowest BCUT2D eigenvalue weighted by atomic mass is 10.2. The second-order valence-corrected chi connectivity index (χ2v) is 2.50. The molecular formula is C9H4N4. The third kappa shape index (κ3) is 0.935. The van der Waals surface area contributed by atoms with Crippen LogP contribution in [0.4, 0.5) is 0 Å². The van der Waals surface area contributed by atoms with Gasteiger partial charge in [0, 0.05) is 6.20 Å². The Morgan fingerprint density at radius 1 is 1.31 bits per heavy atom. The van der Waals surface area contributed by atoms with Crippen molar-refractivity contribution in [2.75, 3.05) is 0 Å². The number of fused-ring (bicyclic) bond motifs is 1. The summed E-state index contributed by atoms with van der Waals surface area (Å²) in [6.45, 7) is 0. The van der Waals surface area contributed by atoms with E-state index in [2.05, 4.69) is 9.97 Å². The van der Waals surface area contributed by atoms with Gasteiger partial charge in [-0.1, -0.05) is 0 Å². The van der Waals surface area contributed by atoms with Crippen molar-refractivity contribution in [3.05, 3.63) is 29.6 Å². The molecule has 60 valence electrons. The zero-order valence-corrected chi connectivity index (χ0v) is 6.57. The van der Waals surface area contributed by atoms with Crippen LogP contribution in [0.15, 0.2) is 18.3 Å². The van der Waals surface area contributed by atoms with Crippen LogP contribution in [0, 0.1) is 22.7 Å². The maximum atomic E-state index is 8.78. The van der Waals surface area contributed by atoms with E-state index in [-0.39, 0.29) is 5.69 Å². The van der Waals surface area contributed by atoms with Gasteiger partial charge in [0.25, 0.3) is 0 Å². The molecule has 0 unspecified atom stereocenters. The van der Waals surface area contributed by atoms with Crippen molar-refractivity contribution < 1.29 is 0 Å². The molecular weight excluding hydrogens is 164 g/mol. The summed E-state index contributed by atoms with van der Waals surface area (Å²) < 4.78 is 0. The number of aromatic amines is 1. The van der Waals surface area contributed by atoms with Gasteiger partial charge in [-0.25, -0.2) is 0 Å². The van der Waals surface area contributed by atoms with Crippen molar-refractivity contribution >= 4 is 11.0 Å². The summed E-state index contributed by atoms with van der Waals surface area (Å²) in [6, 6.07) is 7.40. The molecule has 0 aliphatic carbocycles. The summed E-state index contributed by atoms with van der Waals surface area (Å²) in [5.41, 5.74) is 1.87. The first kappa shape index (κ1) is 7.33. The molecule has 0 radical (unpaired) electrons. The number of aromatic nitrogens is 2. The van der Waals surface area contributed by atoms with Crippen LogP contribution in [-0.4, -0.2) is 9.97 Å². The molecule has 2 heterocycles. The van der Waals surface area contributed by atoms with E-state index in [1.54, 1.807) is 18.3 Å². The van der Waals surface area contributed by atoms with Crippen LogP contribution < -0.4 is 0 Å². The minimum atomic E-state index is 0.274. The largest absolute Gasteiger partial charge is 0.344 e. The molecule has 1 N–H and O–H groups in total. The fourth-order valence-corrected chi connectivity index (χ4v) is 1.21. The first-order valence-corrected chi connectivity index (χ1v) is 3.63. The maximum Gasteiger partial charge on any atom is 0.138 e. The normalized spacial score (nSPS) is 9.38. The van der Waals surface area contributed by atoms with E-state index in [0.717, 1.165) is 5.52 Å². The summed E-state index contributed by atoms with van der Waals surface area (Å²) in [7, 11) is 0. The predicted molar refractivity (Wildman–Crippen MR) is 45.5 cm³/mol. The molecule has 0 fully saturated rings. The maximum absolute atomic E-state index is 8.78. The summed E-state index contributed by atoms with van der Waals surface area (Å²) in [5.74, 6) is 0. The van der Waals surface area contributed by atoms with Crippen LogP contribution in [0.5, 0.6) is 0 Å². The summed E-state index contributed by atoms with van der Waals surface area (Å²) >= 11 is 0. The minimum absolute atomic E-state index is 0.274. The number of hydrogen-bond donors (Lipinski definition) is 1. The Labute approximate surface area is 74.1 Å². The van der Waals surface area contributed by atoms with Crippen LogP contribution in [0.2, 0.25) is 0 Å². The third-order valence-electron chi connectivity index (χ3n) is 1.78. The molecule has 2 rings (SSSR count). The molecule has 13 heavy (non-hydrogen) atoms. The Hall–Kier alpha value is -2.33. The highest BCUT2D eigenvalue weighted by Crippen LogP contribution is 2.17. The number of hydrogen-bond acceptors (Lipinski definition) is 3. The molecule has 0 atom stereocenters. The van der Waals surface area contributed by atoms with Gasteiger partial charge in [-0.2, -0.15) is 10.5 Å². The van der Waals surface area contributed by atoms with Crippen LogP contribution in [0.25, 0.3) is 11.0 Å². The van der Waals surface area contributed by atoms with E-state index in [9.17, 15) is 0 Å². The van der Waals surface area contributed by atoms with Gasteiger partial charge in [-0.15, -0.1) is 0 Å². The Balaban J connectivity index is 2.93. The smallest absolute Gasteiger partial charge is 0.138 e. The first-order valence-electron chi connectivity index (χ1n) is 3.63. The van der Waals surface area contributed by atoms with E-state index < -0.39 is 0 Å². The van der Waals surface area contributed by atoms with Crippen molar-refractivity contribution in [3.8, 4) is 12.1 Å². The zero-order chi connectivity index (χ0) is 9.26. The van der Waals surface area contributed by atoms with E-state index in [0.29, 0.717) is 11.1 Å². The zero-order valence-electron chi connectivity index (χ0n) is 6.57. The second-order valence-electron chi connectivity index (χ2n) is 2.50. The second kappa shape index (κ2) is 2.62. The number of rotatable bonds is 0. The molecule has 4 nitrogen and oxygen atoms in total. The van der Waals surface area contributed by atoms with Gasteiger partial charge in [0.1, 0.15) is 28.9 Å². The van der Waals surface area contributed by atoms with E-state index in [1.807, 2.05) is 12.1 Å². The van der Waals surface area contributed by atoms with E-state index in [4.69, 9.17) is 10.5 Å². The molecule has 0 aliphatic heterocycles. The quantitative estimate of drug-likeness (QED) is 0.644. The van der Waals surface area contributed by atoms with Gasteiger partial charge in [-0.3, -0.25) is 4.98 Å². The predicted octanol–water partition coefficient (Wildman–Crippen LogP) is 1.31. The van der Waals surface area contributed by atoms with Gasteiger partial charge in [0.15, 0.2) is 0 Å². The molecule has 2 aromatic heterocycles. The topological polar surface area (TPSA) is 76.3 Å². The molecule has 0 bridgehead atoms. The molecule has 0 saturated carbocycles. The van der Waals surface area contributed by atoms with Gasteiger partial charge in [-0.05, 0) is 12.1 Å². The number of H-pyrrole nitrogens is 1. The fraction of sp³-hybridized carbons (Fsp3) is 0. The minimum Gasteiger partial charge on any atom is -0.344 e. The molecule has 2 aromatic rings. The van der Waals surface area contributed by atoms with Gasteiger partial charge >= 0.3 is 0 Å². The van der Waals surface area contributed by atoms with Crippen LogP contribution in [-0.2, 0) is 0 Å². The van der Waals surface area contributed by atoms with Gasteiger partial charge in [0.2, 0.25) is 0 Å². The lowest BCUT2D eigenvalue weighted by Gasteiger charge is -1.84. The molecule has 0 saturated heterocycles. The average Bonchev–Trinajstić information content (AvgIpc) is 2.55. The van der Waals surface area contributed by atoms with Crippen LogP contribution >= 0.6 is 0 Å². The van der Waals surface area contributed by atoms with Crippen molar-refractivity contribution in [1.82, 2.24) is 9.97 Å². The fourth-order valence-electron chi connectivity index (χ4n) is 1.21.